The van der Waals surface area contributed by atoms with Gasteiger partial charge in [-0.3, -0.25) is 9.59 Å². The molecule has 0 radical (unpaired) electrons. The number of carboxylic acid groups (broad SMARTS) is 1. The number of carbonyl (C=O) groups is 3. The van der Waals surface area contributed by atoms with E-state index in [1.54, 1.807) is 17.0 Å². The van der Waals surface area contributed by atoms with Crippen LogP contribution < -0.4 is 10.2 Å². The lowest BCUT2D eigenvalue weighted by Gasteiger charge is -2.48. The van der Waals surface area contributed by atoms with E-state index in [-0.39, 0.29) is 31.8 Å². The summed E-state index contributed by atoms with van der Waals surface area (Å²) in [6.45, 7) is -0.551. The highest BCUT2D eigenvalue weighted by Gasteiger charge is 2.48. The van der Waals surface area contributed by atoms with E-state index in [4.69, 9.17) is 19.7 Å². The number of amides is 2. The number of nitrogens with one attached hydrogen (secondary N) is 1. The third-order valence-electron chi connectivity index (χ3n) is 8.57. The Morgan fingerprint density at radius 2 is 1.63 bits per heavy atom. The lowest BCUT2D eigenvalue weighted by atomic mass is 9.78. The number of carbonyl (C=O) groups excluding carboxylic acids is 2. The van der Waals surface area contributed by atoms with Gasteiger partial charge in [-0.25, -0.2) is 13.6 Å². The smallest absolute Gasteiger partial charge is 0.328 e. The first-order valence-electron chi connectivity index (χ1n) is 15.0. The van der Waals surface area contributed by atoms with E-state index in [0.29, 0.717) is 36.9 Å². The third kappa shape index (κ3) is 7.59. The van der Waals surface area contributed by atoms with Crippen LogP contribution in [0.3, 0.4) is 0 Å². The van der Waals surface area contributed by atoms with Gasteiger partial charge in [0.2, 0.25) is 11.8 Å². The number of rotatable bonds is 15. The molecule has 0 aliphatic carbocycles. The quantitative estimate of drug-likeness (QED) is 0.185. The molecule has 4 atom stereocenters. The Balaban J connectivity index is 1.23. The van der Waals surface area contributed by atoms with Crippen molar-refractivity contribution in [1.29, 1.82) is 0 Å². The second-order valence-corrected chi connectivity index (χ2v) is 11.7. The van der Waals surface area contributed by atoms with Crippen LogP contribution in [0.2, 0.25) is 0 Å². The third-order valence-corrected chi connectivity index (χ3v) is 8.57. The van der Waals surface area contributed by atoms with E-state index in [1.807, 2.05) is 24.3 Å². The second-order valence-electron chi connectivity index (χ2n) is 11.7. The molecule has 0 aromatic heterocycles. The van der Waals surface area contributed by atoms with Crippen LogP contribution in [0.15, 0.2) is 72.8 Å². The molecule has 3 aromatic rings. The molecule has 2 amide bonds. The maximum atomic E-state index is 13.7. The first-order chi connectivity index (χ1) is 22.1. The fourth-order valence-electron chi connectivity index (χ4n) is 5.81. The lowest BCUT2D eigenvalue weighted by Crippen LogP contribution is -2.55. The molecule has 46 heavy (non-hydrogen) atoms. The summed E-state index contributed by atoms with van der Waals surface area (Å²) < 4.78 is 38.2. The zero-order valence-corrected chi connectivity index (χ0v) is 25.0. The van der Waals surface area contributed by atoms with Gasteiger partial charge in [0.05, 0.1) is 37.9 Å². The van der Waals surface area contributed by atoms with Crippen LogP contribution in [0.1, 0.15) is 48.1 Å². The molecule has 0 bridgehead atoms. The average molecular weight is 639 g/mol. The van der Waals surface area contributed by atoms with Gasteiger partial charge in [-0.1, -0.05) is 36.4 Å². The van der Waals surface area contributed by atoms with Crippen LogP contribution in [-0.4, -0.2) is 71.2 Å². The van der Waals surface area contributed by atoms with E-state index in [1.165, 1.54) is 36.4 Å². The number of hydrogen-bond donors (Lipinski definition) is 4. The minimum Gasteiger partial charge on any atom is -0.480 e. The Morgan fingerprint density at radius 1 is 1.00 bits per heavy atom. The second kappa shape index (κ2) is 14.5. The number of halogens is 2. The largest absolute Gasteiger partial charge is 0.480 e. The van der Waals surface area contributed by atoms with Crippen molar-refractivity contribution in [3.63, 3.8) is 0 Å². The summed E-state index contributed by atoms with van der Waals surface area (Å²) in [5.74, 6) is -3.36. The Labute approximate surface area is 264 Å². The molecular formula is C34H36F2N2O8. The van der Waals surface area contributed by atoms with E-state index in [0.717, 1.165) is 11.1 Å². The molecule has 12 heteroatoms. The van der Waals surface area contributed by atoms with Gasteiger partial charge in [-0.15, -0.1) is 0 Å². The van der Waals surface area contributed by atoms with E-state index in [9.17, 15) is 28.3 Å². The molecule has 0 spiro atoms. The number of benzene rings is 3. The van der Waals surface area contributed by atoms with E-state index < -0.39 is 53.8 Å². The van der Waals surface area contributed by atoms with Gasteiger partial charge < -0.3 is 35.0 Å². The highest BCUT2D eigenvalue weighted by atomic mass is 19.1. The van der Waals surface area contributed by atoms with Gasteiger partial charge in [-0.05, 0) is 78.8 Å². The van der Waals surface area contributed by atoms with Crippen molar-refractivity contribution in [2.75, 3.05) is 31.3 Å². The number of nitrogens with zero attached hydrogens (tertiary/aromatic N) is 1. The first kappa shape index (κ1) is 33.1. The predicted molar refractivity (Wildman–Crippen MR) is 162 cm³/mol. The fourth-order valence-corrected chi connectivity index (χ4v) is 5.81. The Hall–Kier alpha value is -4.23. The number of aliphatic carboxylic acids is 1. The highest BCUT2D eigenvalue weighted by Crippen LogP contribution is 2.46. The van der Waals surface area contributed by atoms with Crippen molar-refractivity contribution < 1.29 is 48.0 Å². The number of aliphatic hydroxyl groups is 2. The Bertz CT molecular complexity index is 1510. The molecule has 2 aliphatic rings. The minimum atomic E-state index is -1.41. The van der Waals surface area contributed by atoms with Crippen LogP contribution in [0.5, 0.6) is 0 Å². The zero-order chi connectivity index (χ0) is 32.8. The summed E-state index contributed by atoms with van der Waals surface area (Å²) in [5.41, 5.74) is 2.29. The maximum absolute atomic E-state index is 13.7. The monoisotopic (exact) mass is 638 g/mol. The molecule has 2 aliphatic heterocycles. The molecule has 10 nitrogen and oxygen atoms in total. The fraction of sp³-hybridized carbons (Fsp3) is 0.382. The number of hydrogen-bond acceptors (Lipinski definition) is 7. The van der Waals surface area contributed by atoms with E-state index in [2.05, 4.69) is 5.32 Å². The number of aliphatic hydroxyl groups excluding tert-OH is 2. The van der Waals surface area contributed by atoms with Crippen LogP contribution in [0, 0.1) is 17.6 Å². The van der Waals surface area contributed by atoms with Crippen LogP contribution in [0.25, 0.3) is 0 Å². The van der Waals surface area contributed by atoms with Gasteiger partial charge >= 0.3 is 5.97 Å². The van der Waals surface area contributed by atoms with Crippen molar-refractivity contribution in [2.24, 2.45) is 5.92 Å². The molecule has 2 saturated heterocycles. The number of β-lactam (4-membered cyclic amide) rings is 1. The number of anilines is 1. The summed E-state index contributed by atoms with van der Waals surface area (Å²) in [6, 6.07) is 17.4. The van der Waals surface area contributed by atoms with Gasteiger partial charge in [-0.2, -0.15) is 0 Å². The van der Waals surface area contributed by atoms with E-state index >= 15 is 0 Å². The summed E-state index contributed by atoms with van der Waals surface area (Å²) in [7, 11) is 0. The summed E-state index contributed by atoms with van der Waals surface area (Å²) in [4.78, 5) is 38.2. The van der Waals surface area contributed by atoms with Gasteiger partial charge in [0, 0.05) is 5.69 Å². The summed E-state index contributed by atoms with van der Waals surface area (Å²) >= 11 is 0. The van der Waals surface area contributed by atoms with Gasteiger partial charge in [0.25, 0.3) is 0 Å². The van der Waals surface area contributed by atoms with Gasteiger partial charge in [0.15, 0.2) is 0 Å². The number of carboxylic acids is 1. The molecule has 2 fully saturated rings. The molecule has 244 valence electrons. The molecule has 2 unspecified atom stereocenters. The topological polar surface area (TPSA) is 146 Å². The number of ether oxygens (including phenoxy) is 2. The van der Waals surface area contributed by atoms with Crippen molar-refractivity contribution in [2.45, 2.75) is 49.5 Å². The molecule has 2 heterocycles. The highest BCUT2D eigenvalue weighted by molar-refractivity contribution is 6.03. The predicted octanol–water partition coefficient (Wildman–Crippen LogP) is 3.46. The molecular weight excluding hydrogens is 602 g/mol. The van der Waals surface area contributed by atoms with Gasteiger partial charge in [0.1, 0.15) is 29.9 Å². The molecule has 4 N–H and O–H groups in total. The molecule has 0 saturated carbocycles. The van der Waals surface area contributed by atoms with Crippen molar-refractivity contribution in [1.82, 2.24) is 5.32 Å². The molecule has 3 aromatic carbocycles. The Morgan fingerprint density at radius 3 is 2.20 bits per heavy atom. The SMILES string of the molecule is O=C(COC1(CCc2ccc([C@@H]3[C@@H](CCC(O)c4ccc(F)cc4)C(=O)N3c3ccc(F)cc3)cc2)COC1)NC(CO)C(=O)O. The first-order valence-corrected chi connectivity index (χ1v) is 15.0. The minimum absolute atomic E-state index is 0.131. The lowest BCUT2D eigenvalue weighted by molar-refractivity contribution is -0.212. The maximum Gasteiger partial charge on any atom is 0.328 e. The van der Waals surface area contributed by atoms with Crippen LogP contribution >= 0.6 is 0 Å². The standard InChI is InChI=1S/C34H36F2N2O8/c35-24-7-5-22(6-8-24)29(40)14-13-27-31(38(32(27)42)26-11-9-25(36)10-12-26)23-3-1-21(2-4-23)15-16-34(19-45-20-34)46-18-30(41)37-28(17-39)33(43)44/h1-12,27-29,31,39-40H,13-20H2,(H,37,41)(H,43,44)/t27-,28?,29?,31-/m1/s1. The Kier molecular flexibility index (Phi) is 10.4. The summed E-state index contributed by atoms with van der Waals surface area (Å²) in [5, 5.41) is 31.0. The zero-order valence-electron chi connectivity index (χ0n) is 25.0. The summed E-state index contributed by atoms with van der Waals surface area (Å²) in [6.07, 6.45) is 0.960. The normalized spacial score (nSPS) is 19.9. The molecule has 5 rings (SSSR count). The number of aryl methyl sites for hydroxylation is 1. The van der Waals surface area contributed by atoms with Crippen LogP contribution in [0.4, 0.5) is 14.5 Å². The van der Waals surface area contributed by atoms with Crippen molar-refractivity contribution in [3.8, 4) is 0 Å². The average Bonchev–Trinajstić information content (AvgIpc) is 3.03. The van der Waals surface area contributed by atoms with Crippen LogP contribution in [-0.2, 0) is 30.3 Å². The van der Waals surface area contributed by atoms with Crippen molar-refractivity contribution in [3.05, 3.63) is 101 Å². The van der Waals surface area contributed by atoms with Crippen molar-refractivity contribution >= 4 is 23.5 Å².